The summed E-state index contributed by atoms with van der Waals surface area (Å²) in [7, 11) is 0. The molecule has 2 amide bonds. The number of amides is 2. The number of nitrogens with one attached hydrogen (secondary N) is 1. The molecule has 0 radical (unpaired) electrons. The molecule has 3 atom stereocenters. The zero-order valence-corrected chi connectivity index (χ0v) is 14.9. The lowest BCUT2D eigenvalue weighted by Gasteiger charge is -2.20. The number of rotatable bonds is 4. The van der Waals surface area contributed by atoms with Crippen molar-refractivity contribution >= 4 is 34.2 Å². The molecule has 2 aromatic carbocycles. The fourth-order valence-corrected chi connectivity index (χ4v) is 4.22. The van der Waals surface area contributed by atoms with Crippen molar-refractivity contribution in [3.8, 4) is 0 Å². The van der Waals surface area contributed by atoms with E-state index in [1.54, 1.807) is 4.90 Å². The maximum Gasteiger partial charge on any atom is 0.306 e. The molecule has 0 spiro atoms. The maximum atomic E-state index is 12.6. The summed E-state index contributed by atoms with van der Waals surface area (Å²) in [4.78, 5) is 38.0. The highest BCUT2D eigenvalue weighted by molar-refractivity contribution is 6.07. The Labute approximate surface area is 157 Å². The first-order valence-electron chi connectivity index (χ1n) is 9.34. The second-order valence-electron chi connectivity index (χ2n) is 7.46. The monoisotopic (exact) mass is 366 g/mol. The predicted molar refractivity (Wildman–Crippen MR) is 101 cm³/mol. The molecule has 1 heterocycles. The molecule has 2 aliphatic rings. The lowest BCUT2D eigenvalue weighted by molar-refractivity contribution is -0.141. The number of carboxylic acid groups (broad SMARTS) is 1. The molecule has 4 rings (SSSR count). The smallest absolute Gasteiger partial charge is 0.306 e. The van der Waals surface area contributed by atoms with Crippen molar-refractivity contribution in [2.24, 2.45) is 11.8 Å². The van der Waals surface area contributed by atoms with Gasteiger partial charge in [0.05, 0.1) is 17.5 Å². The fourth-order valence-electron chi connectivity index (χ4n) is 4.22. The molecule has 6 heteroatoms. The predicted octanol–water partition coefficient (Wildman–Crippen LogP) is 2.56. The van der Waals surface area contributed by atoms with Gasteiger partial charge in [-0.05, 0) is 30.7 Å². The van der Waals surface area contributed by atoms with Gasteiger partial charge in [0.1, 0.15) is 0 Å². The van der Waals surface area contributed by atoms with Crippen molar-refractivity contribution in [2.45, 2.75) is 31.7 Å². The van der Waals surface area contributed by atoms with Crippen LogP contribution in [0.15, 0.2) is 42.5 Å². The van der Waals surface area contributed by atoms with E-state index < -0.39 is 11.9 Å². The Morgan fingerprint density at radius 1 is 1.04 bits per heavy atom. The van der Waals surface area contributed by atoms with E-state index >= 15 is 0 Å². The van der Waals surface area contributed by atoms with Crippen molar-refractivity contribution in [2.75, 3.05) is 11.4 Å². The van der Waals surface area contributed by atoms with Crippen molar-refractivity contribution in [1.82, 2.24) is 5.32 Å². The maximum absolute atomic E-state index is 12.6. The summed E-state index contributed by atoms with van der Waals surface area (Å²) >= 11 is 0. The molecule has 2 fully saturated rings. The highest BCUT2D eigenvalue weighted by Crippen LogP contribution is 2.32. The van der Waals surface area contributed by atoms with Crippen LogP contribution in [0.3, 0.4) is 0 Å². The third-order valence-corrected chi connectivity index (χ3v) is 5.68. The first kappa shape index (κ1) is 17.5. The molecular formula is C21H22N2O4. The van der Waals surface area contributed by atoms with Gasteiger partial charge in [-0.25, -0.2) is 0 Å². The zero-order valence-electron chi connectivity index (χ0n) is 14.9. The Bertz CT molecular complexity index is 905. The molecule has 2 N–H and O–H groups in total. The number of anilines is 1. The third kappa shape index (κ3) is 3.39. The molecule has 6 nitrogen and oxygen atoms in total. The highest BCUT2D eigenvalue weighted by atomic mass is 16.4. The number of carbonyl (C=O) groups is 3. The lowest BCUT2D eigenvalue weighted by atomic mass is 10.1. The van der Waals surface area contributed by atoms with Gasteiger partial charge in [-0.15, -0.1) is 0 Å². The summed E-state index contributed by atoms with van der Waals surface area (Å²) in [5, 5.41) is 14.1. The van der Waals surface area contributed by atoms with Gasteiger partial charge in [-0.3, -0.25) is 14.4 Å². The largest absolute Gasteiger partial charge is 0.481 e. The van der Waals surface area contributed by atoms with Gasteiger partial charge in [0.25, 0.3) is 0 Å². The standard InChI is InChI=1S/C21H22N2O4/c24-19-11-15(20(25)22-16-9-8-14(10-16)21(26)27)12-23(19)18-7-3-5-13-4-1-2-6-17(13)18/h1-7,14-16H,8-12H2,(H,22,25)(H,26,27)/t14-,15?,16+/m1/s1. The van der Waals surface area contributed by atoms with Crippen LogP contribution in [0.1, 0.15) is 25.7 Å². The second-order valence-corrected chi connectivity index (χ2v) is 7.46. The number of carbonyl (C=O) groups excluding carboxylic acids is 2. The summed E-state index contributed by atoms with van der Waals surface area (Å²) in [5.41, 5.74) is 0.834. The third-order valence-electron chi connectivity index (χ3n) is 5.68. The number of hydrogen-bond donors (Lipinski definition) is 2. The second kappa shape index (κ2) is 7.02. The first-order chi connectivity index (χ1) is 13.0. The number of nitrogens with zero attached hydrogens (tertiary/aromatic N) is 1. The van der Waals surface area contributed by atoms with E-state index in [-0.39, 0.29) is 30.2 Å². The topological polar surface area (TPSA) is 86.7 Å². The molecule has 27 heavy (non-hydrogen) atoms. The quantitative estimate of drug-likeness (QED) is 0.871. The molecule has 1 saturated heterocycles. The Morgan fingerprint density at radius 3 is 2.59 bits per heavy atom. The average molecular weight is 366 g/mol. The summed E-state index contributed by atoms with van der Waals surface area (Å²) in [6, 6.07) is 13.6. The lowest BCUT2D eigenvalue weighted by Crippen LogP contribution is -2.39. The number of aliphatic carboxylic acids is 1. The van der Waals surface area contributed by atoms with Crippen molar-refractivity contribution < 1.29 is 19.5 Å². The van der Waals surface area contributed by atoms with Crippen LogP contribution in [0.5, 0.6) is 0 Å². The van der Waals surface area contributed by atoms with Crippen LogP contribution in [-0.4, -0.2) is 35.5 Å². The van der Waals surface area contributed by atoms with Gasteiger partial charge in [0.2, 0.25) is 11.8 Å². The minimum absolute atomic E-state index is 0.0543. The van der Waals surface area contributed by atoms with E-state index in [1.807, 2.05) is 42.5 Å². The van der Waals surface area contributed by atoms with Gasteiger partial charge in [-0.1, -0.05) is 36.4 Å². The summed E-state index contributed by atoms with van der Waals surface area (Å²) < 4.78 is 0. The van der Waals surface area contributed by atoms with Crippen LogP contribution >= 0.6 is 0 Å². The van der Waals surface area contributed by atoms with Crippen LogP contribution < -0.4 is 10.2 Å². The zero-order chi connectivity index (χ0) is 19.0. The fraction of sp³-hybridized carbons (Fsp3) is 0.381. The first-order valence-corrected chi connectivity index (χ1v) is 9.34. The average Bonchev–Trinajstić information content (AvgIpc) is 3.28. The van der Waals surface area contributed by atoms with Crippen LogP contribution in [0.2, 0.25) is 0 Å². The highest BCUT2D eigenvalue weighted by Gasteiger charge is 2.38. The molecule has 1 unspecified atom stereocenters. The van der Waals surface area contributed by atoms with E-state index in [0.717, 1.165) is 16.5 Å². The SMILES string of the molecule is O=C(N[C@H]1CC[C@@H](C(=O)O)C1)C1CC(=O)N(c2cccc3ccccc23)C1. The molecule has 0 bridgehead atoms. The Morgan fingerprint density at radius 2 is 1.81 bits per heavy atom. The van der Waals surface area contributed by atoms with Gasteiger partial charge < -0.3 is 15.3 Å². The van der Waals surface area contributed by atoms with Gasteiger partial charge >= 0.3 is 5.97 Å². The Kier molecular flexibility index (Phi) is 4.56. The van der Waals surface area contributed by atoms with E-state index in [9.17, 15) is 14.4 Å². The molecule has 0 aromatic heterocycles. The number of carboxylic acids is 1. The van der Waals surface area contributed by atoms with E-state index in [2.05, 4.69) is 5.32 Å². The van der Waals surface area contributed by atoms with Crippen molar-refractivity contribution in [1.29, 1.82) is 0 Å². The normalized spacial score (nSPS) is 25.1. The van der Waals surface area contributed by atoms with Gasteiger partial charge in [-0.2, -0.15) is 0 Å². The summed E-state index contributed by atoms with van der Waals surface area (Å²) in [5.74, 6) is -1.79. The minimum Gasteiger partial charge on any atom is -0.481 e. The molecule has 2 aromatic rings. The Hall–Kier alpha value is -2.89. The minimum atomic E-state index is -0.801. The van der Waals surface area contributed by atoms with Crippen LogP contribution in [0, 0.1) is 11.8 Å². The van der Waals surface area contributed by atoms with Gasteiger partial charge in [0, 0.05) is 24.4 Å². The van der Waals surface area contributed by atoms with E-state index in [4.69, 9.17) is 5.11 Å². The molecule has 140 valence electrons. The van der Waals surface area contributed by atoms with Crippen molar-refractivity contribution in [3.05, 3.63) is 42.5 Å². The van der Waals surface area contributed by atoms with Gasteiger partial charge in [0.15, 0.2) is 0 Å². The molecule has 1 saturated carbocycles. The number of hydrogen-bond acceptors (Lipinski definition) is 3. The summed E-state index contributed by atoms with van der Waals surface area (Å²) in [6.07, 6.45) is 1.92. The van der Waals surface area contributed by atoms with E-state index in [0.29, 0.717) is 25.8 Å². The van der Waals surface area contributed by atoms with Crippen LogP contribution in [-0.2, 0) is 14.4 Å². The van der Waals surface area contributed by atoms with E-state index in [1.165, 1.54) is 0 Å². The van der Waals surface area contributed by atoms with Crippen molar-refractivity contribution in [3.63, 3.8) is 0 Å². The molecular weight excluding hydrogens is 344 g/mol. The summed E-state index contributed by atoms with van der Waals surface area (Å²) in [6.45, 7) is 0.355. The number of benzene rings is 2. The Balaban J connectivity index is 1.46. The van der Waals surface area contributed by atoms with Crippen LogP contribution in [0.25, 0.3) is 10.8 Å². The molecule has 1 aliphatic heterocycles. The molecule has 1 aliphatic carbocycles. The number of fused-ring (bicyclic) bond motifs is 1. The van der Waals surface area contributed by atoms with Crippen LogP contribution in [0.4, 0.5) is 5.69 Å².